The molecule has 0 rings (SSSR count). The molecule has 0 aromatic rings. The predicted molar refractivity (Wildman–Crippen MR) is 100 cm³/mol. The van der Waals surface area contributed by atoms with Crippen molar-refractivity contribution in [2.45, 2.75) is 84.5 Å². The summed E-state index contributed by atoms with van der Waals surface area (Å²) >= 11 is 0. The maximum absolute atomic E-state index is 10.8. The highest BCUT2D eigenvalue weighted by atomic mass is 16.5. The molecule has 0 bridgehead atoms. The van der Waals surface area contributed by atoms with Gasteiger partial charge in [0.05, 0.1) is 6.61 Å². The number of carbonyl (C=O) groups excluding carboxylic acids is 1. The van der Waals surface area contributed by atoms with Crippen molar-refractivity contribution < 1.29 is 19.4 Å². The second-order valence-corrected chi connectivity index (χ2v) is 5.99. The van der Waals surface area contributed by atoms with Crippen molar-refractivity contribution >= 4 is 11.9 Å². The number of esters is 1. The molecule has 4 nitrogen and oxygen atoms in total. The maximum atomic E-state index is 10.8. The summed E-state index contributed by atoms with van der Waals surface area (Å²) in [6, 6.07) is 0. The van der Waals surface area contributed by atoms with Gasteiger partial charge < -0.3 is 9.84 Å². The van der Waals surface area contributed by atoms with Gasteiger partial charge in [0, 0.05) is 11.6 Å². The van der Waals surface area contributed by atoms with Gasteiger partial charge in [-0.15, -0.1) is 0 Å². The lowest BCUT2D eigenvalue weighted by molar-refractivity contribution is -0.138. The number of hydrogen-bond acceptors (Lipinski definition) is 3. The molecule has 0 saturated carbocycles. The van der Waals surface area contributed by atoms with Crippen LogP contribution in [-0.4, -0.2) is 23.7 Å². The third-order valence-electron chi connectivity index (χ3n) is 3.52. The van der Waals surface area contributed by atoms with E-state index in [1.54, 1.807) is 0 Å². The highest BCUT2D eigenvalue weighted by molar-refractivity contribution is 5.84. The van der Waals surface area contributed by atoms with E-state index in [1.807, 2.05) is 0 Å². The van der Waals surface area contributed by atoms with Crippen LogP contribution in [0.5, 0.6) is 0 Å². The van der Waals surface area contributed by atoms with Crippen LogP contribution in [0.1, 0.15) is 84.5 Å². The molecule has 0 aliphatic carbocycles. The fourth-order valence-electron chi connectivity index (χ4n) is 2.00. The minimum absolute atomic E-state index is 0.176. The van der Waals surface area contributed by atoms with Crippen molar-refractivity contribution in [2.75, 3.05) is 6.61 Å². The van der Waals surface area contributed by atoms with Gasteiger partial charge in [-0.2, -0.15) is 0 Å². The molecule has 140 valence electrons. The van der Waals surface area contributed by atoms with Crippen LogP contribution in [-0.2, 0) is 14.3 Å². The van der Waals surface area contributed by atoms with Crippen LogP contribution >= 0.6 is 0 Å². The summed E-state index contributed by atoms with van der Waals surface area (Å²) in [6.45, 7) is 10.8. The molecule has 0 heterocycles. The van der Waals surface area contributed by atoms with Crippen molar-refractivity contribution in [3.63, 3.8) is 0 Å². The molecule has 24 heavy (non-hydrogen) atoms. The Bertz CT molecular complexity index is 336. The normalized spacial score (nSPS) is 9.58. The van der Waals surface area contributed by atoms with Crippen molar-refractivity contribution in [1.29, 1.82) is 0 Å². The number of carboxylic acid groups (broad SMARTS) is 1. The summed E-state index contributed by atoms with van der Waals surface area (Å²) in [4.78, 5) is 20.4. The largest absolute Gasteiger partial charge is 0.478 e. The molecular weight excluding hydrogens is 304 g/mol. The van der Waals surface area contributed by atoms with Crippen molar-refractivity contribution in [2.24, 2.45) is 0 Å². The van der Waals surface area contributed by atoms with Crippen LogP contribution in [0.4, 0.5) is 0 Å². The summed E-state index contributed by atoms with van der Waals surface area (Å²) in [5.74, 6) is -1.24. The first-order chi connectivity index (χ1) is 11.5. The quantitative estimate of drug-likeness (QED) is 0.251. The van der Waals surface area contributed by atoms with E-state index < -0.39 is 5.97 Å². The van der Waals surface area contributed by atoms with E-state index in [0.29, 0.717) is 6.61 Å². The number of aliphatic carboxylic acids is 1. The molecule has 0 amide bonds. The first kappa shape index (κ1) is 24.7. The van der Waals surface area contributed by atoms with E-state index >= 15 is 0 Å². The molecule has 0 saturated heterocycles. The van der Waals surface area contributed by atoms with E-state index in [4.69, 9.17) is 9.84 Å². The molecule has 0 aromatic heterocycles. The van der Waals surface area contributed by atoms with Crippen LogP contribution < -0.4 is 0 Å². The first-order valence-electron chi connectivity index (χ1n) is 9.13. The molecule has 1 N–H and O–H groups in total. The number of unbranched alkanes of at least 4 members (excludes halogenated alkanes) is 10. The Morgan fingerprint density at radius 3 is 1.62 bits per heavy atom. The Kier molecular flexibility index (Phi) is 20.0. The third kappa shape index (κ3) is 22.7. The lowest BCUT2D eigenvalue weighted by atomic mass is 10.1. The highest BCUT2D eigenvalue weighted by Crippen LogP contribution is 2.11. The fraction of sp³-hybridized carbons (Fsp3) is 0.700. The third-order valence-corrected chi connectivity index (χ3v) is 3.52. The number of ether oxygens (including phenoxy) is 1. The van der Waals surface area contributed by atoms with Crippen LogP contribution in [0, 0.1) is 0 Å². The molecule has 0 atom stereocenters. The first-order valence-corrected chi connectivity index (χ1v) is 9.13. The van der Waals surface area contributed by atoms with Crippen molar-refractivity contribution in [1.82, 2.24) is 0 Å². The Morgan fingerprint density at radius 2 is 1.29 bits per heavy atom. The number of rotatable bonds is 14. The standard InChI is InChI=1S/C16H30O2.C4H6O2/c1-3-5-6-7-8-9-10-11-12-13-14-15-18-16(17)4-2;1-3(2)4(5)6/h4H,2-3,5-15H2,1H3;1H2,2H3,(H,5,6). The van der Waals surface area contributed by atoms with Gasteiger partial charge in [-0.25, -0.2) is 9.59 Å². The van der Waals surface area contributed by atoms with E-state index in [-0.39, 0.29) is 11.5 Å². The zero-order valence-corrected chi connectivity index (χ0v) is 15.6. The molecular formula is C20H36O4. The minimum atomic E-state index is -0.935. The predicted octanol–water partition coefficient (Wildman–Crippen LogP) is 5.67. The summed E-state index contributed by atoms with van der Waals surface area (Å²) in [5.41, 5.74) is 0.176. The lowest BCUT2D eigenvalue weighted by Crippen LogP contribution is -2.01. The highest BCUT2D eigenvalue weighted by Gasteiger charge is 1.96. The van der Waals surface area contributed by atoms with E-state index in [9.17, 15) is 9.59 Å². The number of carbonyl (C=O) groups is 2. The maximum Gasteiger partial charge on any atom is 0.330 e. The molecule has 0 fully saturated rings. The smallest absolute Gasteiger partial charge is 0.330 e. The number of hydrogen-bond donors (Lipinski definition) is 1. The van der Waals surface area contributed by atoms with Gasteiger partial charge >= 0.3 is 11.9 Å². The zero-order valence-electron chi connectivity index (χ0n) is 15.6. The van der Waals surface area contributed by atoms with Gasteiger partial charge in [-0.1, -0.05) is 84.3 Å². The monoisotopic (exact) mass is 340 g/mol. The van der Waals surface area contributed by atoms with Crippen molar-refractivity contribution in [3.05, 3.63) is 24.8 Å². The molecule has 0 aliphatic rings. The van der Waals surface area contributed by atoms with Crippen molar-refractivity contribution in [3.8, 4) is 0 Å². The lowest BCUT2D eigenvalue weighted by Gasteiger charge is -2.03. The SMILES string of the molecule is C=C(C)C(=O)O.C=CC(=O)OCCCCCCCCCCCCC. The molecule has 0 aliphatic heterocycles. The van der Waals surface area contributed by atoms with Gasteiger partial charge in [0.1, 0.15) is 0 Å². The topological polar surface area (TPSA) is 63.6 Å². The van der Waals surface area contributed by atoms with E-state index in [1.165, 1.54) is 77.2 Å². The van der Waals surface area contributed by atoms with Crippen LogP contribution in [0.2, 0.25) is 0 Å². The van der Waals surface area contributed by atoms with Gasteiger partial charge in [0.15, 0.2) is 0 Å². The zero-order chi connectivity index (χ0) is 18.6. The van der Waals surface area contributed by atoms with Crippen LogP contribution in [0.15, 0.2) is 24.8 Å². The van der Waals surface area contributed by atoms with Crippen LogP contribution in [0.3, 0.4) is 0 Å². The minimum Gasteiger partial charge on any atom is -0.478 e. The Morgan fingerprint density at radius 1 is 0.917 bits per heavy atom. The molecule has 0 unspecified atom stereocenters. The summed E-state index contributed by atoms with van der Waals surface area (Å²) in [7, 11) is 0. The van der Waals surface area contributed by atoms with Gasteiger partial charge in [-0.05, 0) is 13.3 Å². The van der Waals surface area contributed by atoms with E-state index in [0.717, 1.165) is 6.42 Å². The van der Waals surface area contributed by atoms with Crippen LogP contribution in [0.25, 0.3) is 0 Å². The van der Waals surface area contributed by atoms with Gasteiger partial charge in [0.2, 0.25) is 0 Å². The average Bonchev–Trinajstić information content (AvgIpc) is 2.56. The Balaban J connectivity index is 0. The summed E-state index contributed by atoms with van der Waals surface area (Å²) in [6.07, 6.45) is 15.6. The average molecular weight is 341 g/mol. The molecule has 4 heteroatoms. The summed E-state index contributed by atoms with van der Waals surface area (Å²) < 4.78 is 4.92. The second-order valence-electron chi connectivity index (χ2n) is 5.99. The molecule has 0 radical (unpaired) electrons. The fourth-order valence-corrected chi connectivity index (χ4v) is 2.00. The Hall–Kier alpha value is -1.58. The molecule has 0 spiro atoms. The Labute approximate surface area is 148 Å². The van der Waals surface area contributed by atoms with Gasteiger partial charge in [-0.3, -0.25) is 0 Å². The summed E-state index contributed by atoms with van der Waals surface area (Å²) in [5, 5.41) is 7.89. The van der Waals surface area contributed by atoms with E-state index in [2.05, 4.69) is 20.1 Å². The van der Waals surface area contributed by atoms with Gasteiger partial charge in [0.25, 0.3) is 0 Å². The number of carboxylic acids is 1. The molecule has 0 aromatic carbocycles. The second kappa shape index (κ2) is 19.5.